The van der Waals surface area contributed by atoms with E-state index in [9.17, 15) is 0 Å². The van der Waals surface area contributed by atoms with Gasteiger partial charge in [0.1, 0.15) is 0 Å². The Balaban J connectivity index is 2.52. The van der Waals surface area contributed by atoms with Crippen LogP contribution in [0.2, 0.25) is 26.0 Å². The van der Waals surface area contributed by atoms with Crippen molar-refractivity contribution in [1.29, 1.82) is 0 Å². The van der Waals surface area contributed by atoms with Crippen molar-refractivity contribution < 1.29 is 9.31 Å². The molecule has 0 bridgehead atoms. The second-order valence-electron chi connectivity index (χ2n) is 6.69. The summed E-state index contributed by atoms with van der Waals surface area (Å²) in [7, 11) is -1.18. The molecule has 0 N–H and O–H groups in total. The van der Waals surface area contributed by atoms with Crippen LogP contribution in [0.4, 0.5) is 0 Å². The molecule has 1 rings (SSSR count). The third-order valence-electron chi connectivity index (χ3n) is 3.25. The Hall–Kier alpha value is -0.0582. The van der Waals surface area contributed by atoms with Crippen LogP contribution in [0.25, 0.3) is 0 Å². The van der Waals surface area contributed by atoms with Gasteiger partial charge in [0.05, 0.1) is 19.3 Å². The van der Waals surface area contributed by atoms with E-state index in [0.717, 1.165) is 6.32 Å². The Kier molecular flexibility index (Phi) is 3.78. The molecular weight excluding hydrogens is 215 g/mol. The van der Waals surface area contributed by atoms with Crippen LogP contribution in [0.15, 0.2) is 11.8 Å². The minimum atomic E-state index is -1.09. The summed E-state index contributed by atoms with van der Waals surface area (Å²) in [6.07, 6.45) is 3.07. The molecule has 0 spiro atoms. The molecule has 0 aromatic rings. The van der Waals surface area contributed by atoms with Crippen LogP contribution >= 0.6 is 0 Å². The Morgan fingerprint density at radius 3 is 1.81 bits per heavy atom. The lowest BCUT2D eigenvalue weighted by molar-refractivity contribution is 0.00578. The lowest BCUT2D eigenvalue weighted by atomic mass is 9.85. The number of rotatable bonds is 3. The van der Waals surface area contributed by atoms with Crippen molar-refractivity contribution in [2.45, 2.75) is 64.9 Å². The van der Waals surface area contributed by atoms with E-state index in [0.29, 0.717) is 0 Å². The molecule has 0 aromatic heterocycles. The average Bonchev–Trinajstić information content (AvgIpc) is 2.17. The third-order valence-corrected chi connectivity index (χ3v) is 4.48. The van der Waals surface area contributed by atoms with Crippen LogP contribution < -0.4 is 0 Å². The molecule has 0 aliphatic carbocycles. The van der Waals surface area contributed by atoms with Crippen LogP contribution in [-0.2, 0) is 9.31 Å². The zero-order valence-electron chi connectivity index (χ0n) is 11.8. The van der Waals surface area contributed by atoms with Gasteiger partial charge >= 0.3 is 7.12 Å². The van der Waals surface area contributed by atoms with Crippen LogP contribution in [0.5, 0.6) is 0 Å². The van der Waals surface area contributed by atoms with Gasteiger partial charge in [-0.15, -0.1) is 0 Å². The molecule has 0 unspecified atom stereocenters. The smallest absolute Gasteiger partial charge is 0.403 e. The predicted molar refractivity (Wildman–Crippen MR) is 73.4 cm³/mol. The lowest BCUT2D eigenvalue weighted by Crippen LogP contribution is -2.41. The maximum absolute atomic E-state index is 5.92. The average molecular weight is 240 g/mol. The van der Waals surface area contributed by atoms with Crippen molar-refractivity contribution in [2.75, 3.05) is 0 Å². The summed E-state index contributed by atoms with van der Waals surface area (Å²) >= 11 is 0. The van der Waals surface area contributed by atoms with Gasteiger partial charge in [-0.25, -0.2) is 0 Å². The fourth-order valence-corrected chi connectivity index (χ4v) is 2.44. The monoisotopic (exact) mass is 240 g/mol. The fourth-order valence-electron chi connectivity index (χ4n) is 1.59. The summed E-state index contributed by atoms with van der Waals surface area (Å²) in [5.41, 5.74) is 1.94. The van der Waals surface area contributed by atoms with Crippen molar-refractivity contribution in [3.05, 3.63) is 11.8 Å². The molecule has 0 atom stereocenters. The first-order chi connectivity index (χ1) is 7.04. The van der Waals surface area contributed by atoms with Crippen molar-refractivity contribution in [1.82, 2.24) is 0 Å². The Labute approximate surface area is 102 Å². The van der Waals surface area contributed by atoms with E-state index in [-0.39, 0.29) is 18.3 Å². The van der Waals surface area contributed by atoms with Crippen LogP contribution in [0.1, 0.15) is 27.7 Å². The zero-order chi connectivity index (χ0) is 12.6. The van der Waals surface area contributed by atoms with Crippen LogP contribution in [0, 0.1) is 0 Å². The van der Waals surface area contributed by atoms with Gasteiger partial charge < -0.3 is 9.31 Å². The standard InChI is InChI=1S/C12H25BO2Si/c1-11(2)12(3,4)15-13(14-11)9-8-10-16(5,6)7/h8,10H,9H2,1-7H3. The summed E-state index contributed by atoms with van der Waals surface area (Å²) < 4.78 is 11.8. The Morgan fingerprint density at radius 2 is 1.44 bits per heavy atom. The van der Waals surface area contributed by atoms with Gasteiger partial charge in [0, 0.05) is 0 Å². The molecule has 0 amide bonds. The number of allylic oxidation sites excluding steroid dienone is 1. The van der Waals surface area contributed by atoms with Crippen molar-refractivity contribution in [3.8, 4) is 0 Å². The highest BCUT2D eigenvalue weighted by molar-refractivity contribution is 6.81. The minimum absolute atomic E-state index is 0.0856. The van der Waals surface area contributed by atoms with Gasteiger partial charge in [-0.1, -0.05) is 31.4 Å². The largest absolute Gasteiger partial charge is 0.461 e. The van der Waals surface area contributed by atoms with Gasteiger partial charge in [0.15, 0.2) is 0 Å². The third kappa shape index (κ3) is 3.47. The highest BCUT2D eigenvalue weighted by atomic mass is 28.3. The van der Waals surface area contributed by atoms with Crippen molar-refractivity contribution in [2.24, 2.45) is 0 Å². The summed E-state index contributed by atoms with van der Waals surface area (Å²) in [4.78, 5) is 0. The molecule has 1 aliphatic rings. The van der Waals surface area contributed by atoms with E-state index < -0.39 is 8.07 Å². The van der Waals surface area contributed by atoms with Crippen molar-refractivity contribution >= 4 is 15.2 Å². The Morgan fingerprint density at radius 1 is 1.00 bits per heavy atom. The highest BCUT2D eigenvalue weighted by Gasteiger charge is 2.50. The molecule has 2 nitrogen and oxygen atoms in total. The first-order valence-corrected chi connectivity index (χ1v) is 9.65. The van der Waals surface area contributed by atoms with E-state index in [1.165, 1.54) is 0 Å². The summed E-state index contributed by atoms with van der Waals surface area (Å²) in [5.74, 6) is 0. The molecule has 1 heterocycles. The molecule has 1 saturated heterocycles. The van der Waals surface area contributed by atoms with Crippen LogP contribution in [0.3, 0.4) is 0 Å². The molecular formula is C12H25BO2Si. The van der Waals surface area contributed by atoms with Gasteiger partial charge in [-0.3, -0.25) is 0 Å². The molecule has 0 saturated carbocycles. The zero-order valence-corrected chi connectivity index (χ0v) is 12.8. The lowest BCUT2D eigenvalue weighted by Gasteiger charge is -2.32. The van der Waals surface area contributed by atoms with Gasteiger partial charge in [-0.05, 0) is 34.0 Å². The van der Waals surface area contributed by atoms with Gasteiger partial charge in [0.25, 0.3) is 0 Å². The quantitative estimate of drug-likeness (QED) is 0.703. The highest BCUT2D eigenvalue weighted by Crippen LogP contribution is 2.37. The first-order valence-electron chi connectivity index (χ1n) is 6.07. The number of hydrogen-bond donors (Lipinski definition) is 0. The molecule has 16 heavy (non-hydrogen) atoms. The molecule has 1 fully saturated rings. The second kappa shape index (κ2) is 4.32. The fraction of sp³-hybridized carbons (Fsp3) is 0.833. The van der Waals surface area contributed by atoms with E-state index in [2.05, 4.69) is 59.1 Å². The summed E-state index contributed by atoms with van der Waals surface area (Å²) in [5, 5.41) is 0. The van der Waals surface area contributed by atoms with E-state index >= 15 is 0 Å². The summed E-state index contributed by atoms with van der Waals surface area (Å²) in [6, 6.07) is 0. The Bertz CT molecular complexity index is 263. The van der Waals surface area contributed by atoms with E-state index in [4.69, 9.17) is 9.31 Å². The predicted octanol–water partition coefficient (Wildman–Crippen LogP) is 3.51. The van der Waals surface area contributed by atoms with Gasteiger partial charge in [-0.2, -0.15) is 0 Å². The summed E-state index contributed by atoms with van der Waals surface area (Å²) in [6.45, 7) is 15.4. The first kappa shape index (κ1) is 14.0. The second-order valence-corrected chi connectivity index (χ2v) is 11.8. The molecule has 4 heteroatoms. The van der Waals surface area contributed by atoms with E-state index in [1.807, 2.05) is 0 Å². The maximum Gasteiger partial charge on any atom is 0.461 e. The van der Waals surface area contributed by atoms with E-state index in [1.54, 1.807) is 0 Å². The normalized spacial score (nSPS) is 24.3. The van der Waals surface area contributed by atoms with Gasteiger partial charge in [0.2, 0.25) is 0 Å². The molecule has 0 radical (unpaired) electrons. The molecule has 1 aliphatic heterocycles. The number of hydrogen-bond acceptors (Lipinski definition) is 2. The maximum atomic E-state index is 5.92. The molecule has 0 aromatic carbocycles. The molecule has 92 valence electrons. The SMILES string of the molecule is CC1(C)OB(CC=C[Si](C)(C)C)OC1(C)C. The minimum Gasteiger partial charge on any atom is -0.403 e. The topological polar surface area (TPSA) is 18.5 Å². The van der Waals surface area contributed by atoms with Crippen LogP contribution in [-0.4, -0.2) is 26.4 Å². The van der Waals surface area contributed by atoms with Crippen molar-refractivity contribution in [3.63, 3.8) is 0 Å².